The van der Waals surface area contributed by atoms with Crippen LogP contribution in [0.4, 0.5) is 14.5 Å². The molecule has 0 aromatic heterocycles. The van der Waals surface area contributed by atoms with Gasteiger partial charge in [0, 0.05) is 0 Å². The Hall–Kier alpha value is -1.37. The fourth-order valence-corrected chi connectivity index (χ4v) is 1.78. The molecule has 0 amide bonds. The molecule has 0 atom stereocenters. The molecule has 0 unspecified atom stereocenters. The molecule has 100 valence electrons. The van der Waals surface area contributed by atoms with Crippen molar-refractivity contribution in [2.75, 3.05) is 12.3 Å². The van der Waals surface area contributed by atoms with Gasteiger partial charge < -0.3 is 15.2 Å². The first-order valence-electron chi connectivity index (χ1n) is 5.13. The Labute approximate surface area is 111 Å². The highest BCUT2D eigenvalue weighted by atomic mass is 79.9. The molecular formula is C11H12BrF2NO3. The maximum absolute atomic E-state index is 12.2. The van der Waals surface area contributed by atoms with E-state index in [0.29, 0.717) is 10.0 Å². The van der Waals surface area contributed by atoms with Crippen LogP contribution < -0.4 is 10.5 Å². The van der Waals surface area contributed by atoms with Crippen LogP contribution in [0.3, 0.4) is 0 Å². The van der Waals surface area contributed by atoms with Crippen LogP contribution in [0.5, 0.6) is 5.75 Å². The smallest absolute Gasteiger partial charge is 0.387 e. The molecule has 4 nitrogen and oxygen atoms in total. The highest BCUT2D eigenvalue weighted by molar-refractivity contribution is 9.10. The SMILES string of the molecule is CCOC(=O)Cc1ccc(Br)c(OC(F)F)c1N. The van der Waals surface area contributed by atoms with Crippen molar-refractivity contribution in [3.05, 3.63) is 22.2 Å². The van der Waals surface area contributed by atoms with Crippen molar-refractivity contribution in [1.29, 1.82) is 0 Å². The van der Waals surface area contributed by atoms with Crippen molar-refractivity contribution >= 4 is 27.6 Å². The van der Waals surface area contributed by atoms with E-state index in [1.165, 1.54) is 6.07 Å². The number of benzene rings is 1. The number of anilines is 1. The first-order chi connectivity index (χ1) is 8.45. The summed E-state index contributed by atoms with van der Waals surface area (Å²) >= 11 is 3.05. The minimum absolute atomic E-state index is 0.00210. The summed E-state index contributed by atoms with van der Waals surface area (Å²) in [4.78, 5) is 11.3. The van der Waals surface area contributed by atoms with Gasteiger partial charge in [-0.3, -0.25) is 4.79 Å². The summed E-state index contributed by atoms with van der Waals surface area (Å²) in [6, 6.07) is 3.04. The van der Waals surface area contributed by atoms with Crippen molar-refractivity contribution < 1.29 is 23.0 Å². The van der Waals surface area contributed by atoms with Gasteiger partial charge in [0.15, 0.2) is 5.75 Å². The van der Waals surface area contributed by atoms with Gasteiger partial charge in [0.1, 0.15) is 0 Å². The van der Waals surface area contributed by atoms with Crippen molar-refractivity contribution in [2.45, 2.75) is 20.0 Å². The Bertz CT molecular complexity index is 441. The molecule has 2 N–H and O–H groups in total. The first-order valence-corrected chi connectivity index (χ1v) is 5.92. The van der Waals surface area contributed by atoms with Crippen molar-refractivity contribution in [3.63, 3.8) is 0 Å². The molecule has 0 aliphatic carbocycles. The third-order valence-electron chi connectivity index (χ3n) is 2.09. The van der Waals surface area contributed by atoms with E-state index in [4.69, 9.17) is 10.5 Å². The normalized spacial score (nSPS) is 10.5. The Morgan fingerprint density at radius 1 is 1.50 bits per heavy atom. The van der Waals surface area contributed by atoms with Gasteiger partial charge in [-0.05, 0) is 34.5 Å². The second-order valence-corrected chi connectivity index (χ2v) is 4.16. The largest absolute Gasteiger partial charge is 0.466 e. The number of nitrogen functional groups attached to an aromatic ring is 1. The topological polar surface area (TPSA) is 61.5 Å². The van der Waals surface area contributed by atoms with Gasteiger partial charge in [0.25, 0.3) is 0 Å². The summed E-state index contributed by atoms with van der Waals surface area (Å²) < 4.78 is 33.8. The van der Waals surface area contributed by atoms with Gasteiger partial charge in [-0.1, -0.05) is 6.07 Å². The molecule has 0 spiro atoms. The minimum atomic E-state index is -2.98. The molecule has 18 heavy (non-hydrogen) atoms. The number of nitrogens with two attached hydrogens (primary N) is 1. The Balaban J connectivity index is 2.97. The highest BCUT2D eigenvalue weighted by Crippen LogP contribution is 2.35. The predicted octanol–water partition coefficient (Wildman–Crippen LogP) is 2.74. The van der Waals surface area contributed by atoms with Crippen LogP contribution in [0.2, 0.25) is 0 Å². The predicted molar refractivity (Wildman–Crippen MR) is 65.5 cm³/mol. The van der Waals surface area contributed by atoms with Crippen LogP contribution >= 0.6 is 15.9 Å². The summed E-state index contributed by atoms with van der Waals surface area (Å²) in [6.07, 6.45) is -0.0907. The number of esters is 1. The summed E-state index contributed by atoms with van der Waals surface area (Å²) in [5.41, 5.74) is 6.06. The average Bonchev–Trinajstić information content (AvgIpc) is 2.28. The van der Waals surface area contributed by atoms with E-state index < -0.39 is 12.6 Å². The lowest BCUT2D eigenvalue weighted by Crippen LogP contribution is -2.11. The lowest BCUT2D eigenvalue weighted by atomic mass is 10.1. The van der Waals surface area contributed by atoms with E-state index in [9.17, 15) is 13.6 Å². The van der Waals surface area contributed by atoms with E-state index in [-0.39, 0.29) is 24.5 Å². The number of rotatable bonds is 5. The van der Waals surface area contributed by atoms with Gasteiger partial charge in [-0.25, -0.2) is 0 Å². The van der Waals surface area contributed by atoms with E-state index >= 15 is 0 Å². The lowest BCUT2D eigenvalue weighted by Gasteiger charge is -2.13. The molecule has 0 fully saturated rings. The molecule has 0 aliphatic rings. The average molecular weight is 324 g/mol. The summed E-state index contributed by atoms with van der Waals surface area (Å²) in [7, 11) is 0. The van der Waals surface area contributed by atoms with Gasteiger partial charge in [-0.2, -0.15) is 8.78 Å². The van der Waals surface area contributed by atoms with Crippen LogP contribution in [0.25, 0.3) is 0 Å². The monoisotopic (exact) mass is 323 g/mol. The molecule has 1 aromatic carbocycles. The van der Waals surface area contributed by atoms with E-state index in [2.05, 4.69) is 20.7 Å². The van der Waals surface area contributed by atoms with E-state index in [0.717, 1.165) is 0 Å². The van der Waals surface area contributed by atoms with Gasteiger partial charge in [-0.15, -0.1) is 0 Å². The first kappa shape index (κ1) is 14.7. The molecule has 0 radical (unpaired) electrons. The second-order valence-electron chi connectivity index (χ2n) is 3.31. The maximum Gasteiger partial charge on any atom is 0.387 e. The molecule has 7 heteroatoms. The maximum atomic E-state index is 12.2. The Kier molecular flexibility index (Phi) is 5.33. The van der Waals surface area contributed by atoms with Crippen molar-refractivity contribution in [1.82, 2.24) is 0 Å². The van der Waals surface area contributed by atoms with E-state index in [1.54, 1.807) is 13.0 Å². The molecular weight excluding hydrogens is 312 g/mol. The summed E-state index contributed by atoms with van der Waals surface area (Å²) in [6.45, 7) is -1.06. The van der Waals surface area contributed by atoms with Crippen LogP contribution in [0.15, 0.2) is 16.6 Å². The van der Waals surface area contributed by atoms with Crippen molar-refractivity contribution in [3.8, 4) is 5.75 Å². The summed E-state index contributed by atoms with van der Waals surface area (Å²) in [5.74, 6) is -0.652. The molecule has 0 bridgehead atoms. The fraction of sp³-hybridized carbons (Fsp3) is 0.364. The summed E-state index contributed by atoms with van der Waals surface area (Å²) in [5, 5.41) is 0. The number of alkyl halides is 2. The fourth-order valence-electron chi connectivity index (χ4n) is 1.34. The molecule has 0 heterocycles. The quantitative estimate of drug-likeness (QED) is 0.668. The number of halogens is 3. The van der Waals surface area contributed by atoms with Gasteiger partial charge >= 0.3 is 12.6 Å². The minimum Gasteiger partial charge on any atom is -0.466 e. The molecule has 0 aliphatic heterocycles. The van der Waals surface area contributed by atoms with Gasteiger partial charge in [0.05, 0.1) is 23.2 Å². The third-order valence-corrected chi connectivity index (χ3v) is 2.71. The second kappa shape index (κ2) is 6.53. The number of carbonyl (C=O) groups is 1. The molecule has 0 saturated heterocycles. The number of hydrogen-bond donors (Lipinski definition) is 1. The standard InChI is InChI=1S/C11H12BrF2NO3/c1-2-17-8(16)5-6-3-4-7(12)10(9(6)15)18-11(13)14/h3-4,11H,2,5,15H2,1H3. The van der Waals surface area contributed by atoms with Crippen LogP contribution in [0, 0.1) is 0 Å². The lowest BCUT2D eigenvalue weighted by molar-refractivity contribution is -0.142. The van der Waals surface area contributed by atoms with Gasteiger partial charge in [0.2, 0.25) is 0 Å². The van der Waals surface area contributed by atoms with Crippen molar-refractivity contribution in [2.24, 2.45) is 0 Å². The zero-order valence-electron chi connectivity index (χ0n) is 9.58. The van der Waals surface area contributed by atoms with E-state index in [1.807, 2.05) is 0 Å². The molecule has 1 aromatic rings. The Morgan fingerprint density at radius 2 is 2.17 bits per heavy atom. The zero-order valence-corrected chi connectivity index (χ0v) is 11.2. The number of carbonyl (C=O) groups excluding carboxylic acids is 1. The van der Waals surface area contributed by atoms with Crippen LogP contribution in [-0.4, -0.2) is 19.2 Å². The van der Waals surface area contributed by atoms with Crippen LogP contribution in [0.1, 0.15) is 12.5 Å². The number of ether oxygens (including phenoxy) is 2. The molecule has 0 saturated carbocycles. The highest BCUT2D eigenvalue weighted by Gasteiger charge is 2.16. The number of hydrogen-bond acceptors (Lipinski definition) is 4. The zero-order chi connectivity index (χ0) is 13.7. The van der Waals surface area contributed by atoms with Crippen LogP contribution in [-0.2, 0) is 16.0 Å². The third kappa shape index (κ3) is 3.83. The Morgan fingerprint density at radius 3 is 2.72 bits per heavy atom. The molecule has 1 rings (SSSR count).